The van der Waals surface area contributed by atoms with Crippen LogP contribution in [0.15, 0.2) is 75.3 Å². The largest absolute Gasteiger partial charge is 0.255 e. The van der Waals surface area contributed by atoms with Crippen molar-refractivity contribution in [1.82, 2.24) is 0 Å². The van der Waals surface area contributed by atoms with E-state index < -0.39 is 0 Å². The highest BCUT2D eigenvalue weighted by Gasteiger charge is 2.18. The van der Waals surface area contributed by atoms with Gasteiger partial charge in [-0.05, 0) is 34.1 Å². The van der Waals surface area contributed by atoms with Crippen molar-refractivity contribution in [3.05, 3.63) is 71.4 Å². The summed E-state index contributed by atoms with van der Waals surface area (Å²) in [4.78, 5) is 14.1. The Morgan fingerprint density at radius 1 is 0.724 bits per heavy atom. The van der Waals surface area contributed by atoms with Crippen LogP contribution in [0.2, 0.25) is 0 Å². The van der Waals surface area contributed by atoms with Crippen molar-refractivity contribution in [2.24, 2.45) is 15.0 Å². The monoisotopic (exact) mass is 385 g/mol. The molecular weight excluding hydrogens is 354 g/mol. The Bertz CT molecular complexity index is 993. The van der Waals surface area contributed by atoms with Gasteiger partial charge in [0.15, 0.2) is 0 Å². The maximum absolute atomic E-state index is 4.72. The fourth-order valence-electron chi connectivity index (χ4n) is 3.35. The molecule has 3 rings (SSSR count). The van der Waals surface area contributed by atoms with Crippen LogP contribution in [0.3, 0.4) is 0 Å². The number of benzene rings is 2. The van der Waals surface area contributed by atoms with E-state index in [9.17, 15) is 0 Å². The minimum Gasteiger partial charge on any atom is -0.255 e. The van der Waals surface area contributed by atoms with E-state index in [0.717, 1.165) is 29.2 Å². The topological polar surface area (TPSA) is 37.1 Å². The second-order valence-electron chi connectivity index (χ2n) is 9.49. The quantitative estimate of drug-likeness (QED) is 0.503. The molecule has 150 valence electrons. The molecule has 0 amide bonds. The smallest absolute Gasteiger partial charge is 0.0780 e. The SMILES string of the molecule is CC(C)(C)c1ccccc1N=CC1=CCC(C=Nc2ccccc2C(C)(C)C)=N1. The molecule has 0 atom stereocenters. The second-order valence-corrected chi connectivity index (χ2v) is 9.49. The zero-order valence-electron chi connectivity index (χ0n) is 18.4. The first kappa shape index (κ1) is 20.9. The van der Waals surface area contributed by atoms with Crippen LogP contribution in [0, 0.1) is 0 Å². The van der Waals surface area contributed by atoms with E-state index in [1.807, 2.05) is 24.6 Å². The Hall–Kier alpha value is -2.81. The summed E-state index contributed by atoms with van der Waals surface area (Å²) < 4.78 is 0. The molecule has 3 nitrogen and oxygen atoms in total. The molecule has 1 aliphatic heterocycles. The first-order chi connectivity index (χ1) is 13.6. The van der Waals surface area contributed by atoms with Crippen LogP contribution in [0.1, 0.15) is 59.1 Å². The summed E-state index contributed by atoms with van der Waals surface area (Å²) in [6.45, 7) is 13.2. The first-order valence-electron chi connectivity index (χ1n) is 10.2. The van der Waals surface area contributed by atoms with E-state index in [0.29, 0.717) is 0 Å². The van der Waals surface area contributed by atoms with Gasteiger partial charge in [-0.15, -0.1) is 0 Å². The van der Waals surface area contributed by atoms with E-state index in [1.54, 1.807) is 0 Å². The third-order valence-electron chi connectivity index (χ3n) is 4.91. The highest BCUT2D eigenvalue weighted by Crippen LogP contribution is 2.32. The van der Waals surface area contributed by atoms with Gasteiger partial charge in [0.25, 0.3) is 0 Å². The molecule has 0 N–H and O–H groups in total. The molecule has 2 aromatic carbocycles. The lowest BCUT2D eigenvalue weighted by molar-refractivity contribution is 0.591. The lowest BCUT2D eigenvalue weighted by Crippen LogP contribution is -2.11. The molecule has 1 aliphatic rings. The van der Waals surface area contributed by atoms with Crippen LogP contribution < -0.4 is 0 Å². The van der Waals surface area contributed by atoms with Gasteiger partial charge in [0.1, 0.15) is 0 Å². The van der Waals surface area contributed by atoms with E-state index in [4.69, 9.17) is 9.98 Å². The summed E-state index contributed by atoms with van der Waals surface area (Å²) in [6.07, 6.45) is 6.61. The van der Waals surface area contributed by atoms with Crippen LogP contribution in [0.5, 0.6) is 0 Å². The predicted octanol–water partition coefficient (Wildman–Crippen LogP) is 7.12. The lowest BCUT2D eigenvalue weighted by Gasteiger charge is -2.20. The van der Waals surface area contributed by atoms with E-state index >= 15 is 0 Å². The number of allylic oxidation sites excluding steroid dienone is 2. The maximum atomic E-state index is 4.72. The van der Waals surface area contributed by atoms with E-state index in [-0.39, 0.29) is 10.8 Å². The summed E-state index contributed by atoms with van der Waals surface area (Å²) in [5.74, 6) is 0. The van der Waals surface area contributed by atoms with Crippen molar-refractivity contribution in [3.63, 3.8) is 0 Å². The van der Waals surface area contributed by atoms with Crippen LogP contribution >= 0.6 is 0 Å². The zero-order chi connectivity index (χ0) is 21.1. The summed E-state index contributed by atoms with van der Waals surface area (Å²) in [6, 6.07) is 16.6. The third kappa shape index (κ3) is 5.38. The number of nitrogens with zero attached hydrogens (tertiary/aromatic N) is 3. The van der Waals surface area contributed by atoms with Gasteiger partial charge in [0, 0.05) is 12.6 Å². The Balaban J connectivity index is 1.76. The van der Waals surface area contributed by atoms with E-state index in [1.165, 1.54) is 11.1 Å². The first-order valence-corrected chi connectivity index (χ1v) is 10.2. The minimum absolute atomic E-state index is 0.0551. The molecule has 0 spiro atoms. The van der Waals surface area contributed by atoms with Crippen molar-refractivity contribution in [2.75, 3.05) is 0 Å². The molecule has 0 unspecified atom stereocenters. The molecule has 0 radical (unpaired) electrons. The molecule has 0 saturated heterocycles. The van der Waals surface area contributed by atoms with Crippen LogP contribution in [-0.2, 0) is 10.8 Å². The van der Waals surface area contributed by atoms with Crippen molar-refractivity contribution in [2.45, 2.75) is 58.8 Å². The van der Waals surface area contributed by atoms with Crippen LogP contribution in [-0.4, -0.2) is 18.1 Å². The van der Waals surface area contributed by atoms with Crippen LogP contribution in [0.4, 0.5) is 11.4 Å². The van der Waals surface area contributed by atoms with Gasteiger partial charge in [-0.3, -0.25) is 15.0 Å². The molecule has 3 heteroatoms. The standard InChI is InChI=1S/C26H31N3/c1-25(2,3)21-11-7-9-13-23(21)27-17-19-15-16-20(29-19)18-28-24-14-10-8-12-22(24)26(4,5)6/h7-15,17-18H,16H2,1-6H3. The predicted molar refractivity (Wildman–Crippen MR) is 127 cm³/mol. The summed E-state index contributed by atoms with van der Waals surface area (Å²) in [7, 11) is 0. The van der Waals surface area contributed by atoms with Crippen molar-refractivity contribution >= 4 is 29.5 Å². The van der Waals surface area contributed by atoms with E-state index in [2.05, 4.69) is 89.0 Å². The molecule has 29 heavy (non-hydrogen) atoms. The number of hydrogen-bond donors (Lipinski definition) is 0. The highest BCUT2D eigenvalue weighted by atomic mass is 14.8. The molecule has 0 bridgehead atoms. The van der Waals surface area contributed by atoms with Crippen molar-refractivity contribution in [3.8, 4) is 0 Å². The Morgan fingerprint density at radius 3 is 1.72 bits per heavy atom. The van der Waals surface area contributed by atoms with Crippen molar-refractivity contribution in [1.29, 1.82) is 0 Å². The summed E-state index contributed by atoms with van der Waals surface area (Å²) in [5.41, 5.74) is 6.43. The average molecular weight is 386 g/mol. The fourth-order valence-corrected chi connectivity index (χ4v) is 3.35. The van der Waals surface area contributed by atoms with Gasteiger partial charge in [0.2, 0.25) is 0 Å². The van der Waals surface area contributed by atoms with Gasteiger partial charge in [-0.1, -0.05) is 84.0 Å². The van der Waals surface area contributed by atoms with Gasteiger partial charge in [-0.25, -0.2) is 0 Å². The van der Waals surface area contributed by atoms with Gasteiger partial charge < -0.3 is 0 Å². The minimum atomic E-state index is 0.0551. The summed E-state index contributed by atoms with van der Waals surface area (Å²) in [5, 5.41) is 0. The normalized spacial score (nSPS) is 15.2. The fraction of sp³-hybridized carbons (Fsp3) is 0.346. The van der Waals surface area contributed by atoms with Gasteiger partial charge in [0.05, 0.1) is 29.0 Å². The zero-order valence-corrected chi connectivity index (χ0v) is 18.4. The Morgan fingerprint density at radius 2 is 1.21 bits per heavy atom. The molecule has 0 fully saturated rings. The Kier molecular flexibility index (Phi) is 5.97. The number of aliphatic imine (C=N–C) groups is 3. The van der Waals surface area contributed by atoms with Crippen molar-refractivity contribution < 1.29 is 0 Å². The third-order valence-corrected chi connectivity index (χ3v) is 4.91. The second kappa shape index (κ2) is 8.28. The van der Waals surface area contributed by atoms with Gasteiger partial charge >= 0.3 is 0 Å². The number of para-hydroxylation sites is 2. The van der Waals surface area contributed by atoms with Crippen LogP contribution in [0.25, 0.3) is 0 Å². The molecule has 0 aliphatic carbocycles. The average Bonchev–Trinajstić information content (AvgIpc) is 3.11. The van der Waals surface area contributed by atoms with Gasteiger partial charge in [-0.2, -0.15) is 0 Å². The lowest BCUT2D eigenvalue weighted by atomic mass is 9.86. The number of hydrogen-bond acceptors (Lipinski definition) is 3. The maximum Gasteiger partial charge on any atom is 0.0780 e. The highest BCUT2D eigenvalue weighted by molar-refractivity contribution is 6.33. The molecular formula is C26H31N3. The molecule has 2 aromatic rings. The molecule has 1 heterocycles. The molecule has 0 aromatic heterocycles. The Labute approximate surface area is 175 Å². The summed E-state index contributed by atoms with van der Waals surface area (Å²) >= 11 is 0. The molecule has 0 saturated carbocycles. The number of rotatable bonds is 4.